The number of hydrogen-bond donors (Lipinski definition) is 2. The summed E-state index contributed by atoms with van der Waals surface area (Å²) in [5, 5.41) is 16.9. The molecule has 0 spiro atoms. The summed E-state index contributed by atoms with van der Waals surface area (Å²) in [6, 6.07) is 0. The largest absolute Gasteiger partial charge is 0.506 e. The van der Waals surface area contributed by atoms with Crippen LogP contribution in [0.25, 0.3) is 0 Å². The van der Waals surface area contributed by atoms with Crippen molar-refractivity contribution < 1.29 is 34.0 Å². The molecule has 7 nitrogen and oxygen atoms in total. The zero-order valence-corrected chi connectivity index (χ0v) is 11.0. The van der Waals surface area contributed by atoms with Crippen molar-refractivity contribution in [3.8, 4) is 0 Å². The molecule has 19 heavy (non-hydrogen) atoms. The first-order valence-electron chi connectivity index (χ1n) is 6.05. The van der Waals surface area contributed by atoms with E-state index >= 15 is 0 Å². The molecule has 0 aromatic heterocycles. The summed E-state index contributed by atoms with van der Waals surface area (Å²) in [5.74, 6) is 0. The van der Waals surface area contributed by atoms with Gasteiger partial charge in [0.15, 0.2) is 0 Å². The number of hydrogen-bond acceptors (Lipinski definition) is 6. The van der Waals surface area contributed by atoms with Gasteiger partial charge in [-0.25, -0.2) is 4.79 Å². The van der Waals surface area contributed by atoms with Crippen LogP contribution in [0.1, 0.15) is 6.42 Å². The lowest BCUT2D eigenvalue weighted by atomic mass is 10.3. The van der Waals surface area contributed by atoms with Gasteiger partial charge in [0.1, 0.15) is 6.10 Å². The van der Waals surface area contributed by atoms with E-state index in [1.54, 1.807) is 6.08 Å². The van der Waals surface area contributed by atoms with Crippen LogP contribution in [0.4, 0.5) is 4.79 Å². The molecule has 0 aliphatic heterocycles. The second-order valence-electron chi connectivity index (χ2n) is 3.55. The van der Waals surface area contributed by atoms with E-state index in [0.717, 1.165) is 0 Å². The molecule has 2 N–H and O–H groups in total. The summed E-state index contributed by atoms with van der Waals surface area (Å²) in [6.07, 6.45) is 0.115. The zero-order valence-electron chi connectivity index (χ0n) is 11.0. The summed E-state index contributed by atoms with van der Waals surface area (Å²) < 4.78 is 20.0. The molecular formula is C12H22O7. The van der Waals surface area contributed by atoms with Gasteiger partial charge in [-0.3, -0.25) is 0 Å². The van der Waals surface area contributed by atoms with Crippen LogP contribution in [0.5, 0.6) is 0 Å². The average molecular weight is 278 g/mol. The Hall–Kier alpha value is -1.15. The minimum Gasteiger partial charge on any atom is -0.450 e. The van der Waals surface area contributed by atoms with Crippen LogP contribution in [0.15, 0.2) is 12.7 Å². The van der Waals surface area contributed by atoms with E-state index in [0.29, 0.717) is 39.5 Å². The Kier molecular flexibility index (Phi) is 12.5. The van der Waals surface area contributed by atoms with Crippen molar-refractivity contribution in [1.82, 2.24) is 0 Å². The van der Waals surface area contributed by atoms with Crippen molar-refractivity contribution in [2.24, 2.45) is 0 Å². The highest BCUT2D eigenvalue weighted by Crippen LogP contribution is 2.01. The number of rotatable bonds is 13. The predicted molar refractivity (Wildman–Crippen MR) is 67.3 cm³/mol. The van der Waals surface area contributed by atoms with Crippen LogP contribution < -0.4 is 0 Å². The molecule has 0 aromatic rings. The van der Waals surface area contributed by atoms with Gasteiger partial charge >= 0.3 is 6.16 Å². The molecule has 7 heteroatoms. The molecule has 0 radical (unpaired) electrons. The number of carboxylic acid groups (broad SMARTS) is 1. The van der Waals surface area contributed by atoms with Crippen molar-refractivity contribution in [1.29, 1.82) is 0 Å². The fraction of sp³-hybridized carbons (Fsp3) is 0.750. The van der Waals surface area contributed by atoms with Crippen molar-refractivity contribution in [2.45, 2.75) is 12.5 Å². The van der Waals surface area contributed by atoms with Gasteiger partial charge in [0.25, 0.3) is 0 Å². The lowest BCUT2D eigenvalue weighted by molar-refractivity contribution is -0.0249. The van der Waals surface area contributed by atoms with E-state index in [1.165, 1.54) is 0 Å². The zero-order chi connectivity index (χ0) is 14.3. The maximum absolute atomic E-state index is 10.4. The summed E-state index contributed by atoms with van der Waals surface area (Å²) in [6.45, 7) is 5.55. The highest BCUT2D eigenvalue weighted by molar-refractivity contribution is 5.57. The summed E-state index contributed by atoms with van der Waals surface area (Å²) in [5.41, 5.74) is 0. The van der Waals surface area contributed by atoms with Gasteiger partial charge in [-0.15, -0.1) is 6.58 Å². The van der Waals surface area contributed by atoms with Gasteiger partial charge in [-0.2, -0.15) is 0 Å². The van der Waals surface area contributed by atoms with E-state index in [-0.39, 0.29) is 13.2 Å². The smallest absolute Gasteiger partial charge is 0.450 e. The molecule has 0 heterocycles. The van der Waals surface area contributed by atoms with Crippen LogP contribution in [-0.2, 0) is 18.9 Å². The van der Waals surface area contributed by atoms with E-state index in [9.17, 15) is 4.79 Å². The third kappa shape index (κ3) is 13.1. The van der Waals surface area contributed by atoms with Gasteiger partial charge in [0.2, 0.25) is 0 Å². The van der Waals surface area contributed by atoms with Crippen LogP contribution >= 0.6 is 0 Å². The minimum absolute atomic E-state index is 0.00260. The fourth-order valence-electron chi connectivity index (χ4n) is 1.20. The molecule has 0 fully saturated rings. The number of aliphatic hydroxyl groups excluding tert-OH is 1. The Morgan fingerprint density at radius 3 is 2.21 bits per heavy atom. The third-order valence-corrected chi connectivity index (χ3v) is 1.98. The molecule has 0 amide bonds. The predicted octanol–water partition coefficient (Wildman–Crippen LogP) is 0.668. The highest BCUT2D eigenvalue weighted by Gasteiger charge is 2.11. The molecule has 0 bridgehead atoms. The molecule has 0 saturated heterocycles. The fourth-order valence-corrected chi connectivity index (χ4v) is 1.20. The van der Waals surface area contributed by atoms with Crippen molar-refractivity contribution >= 4 is 6.16 Å². The highest BCUT2D eigenvalue weighted by atomic mass is 16.7. The lowest BCUT2D eigenvalue weighted by Gasteiger charge is -2.14. The second kappa shape index (κ2) is 13.3. The molecule has 0 aliphatic rings. The van der Waals surface area contributed by atoms with Gasteiger partial charge in [-0.05, 0) is 0 Å². The first-order chi connectivity index (χ1) is 9.20. The summed E-state index contributed by atoms with van der Waals surface area (Å²) in [7, 11) is 0. The maximum Gasteiger partial charge on any atom is 0.506 e. The monoisotopic (exact) mass is 278 g/mol. The van der Waals surface area contributed by atoms with Crippen LogP contribution in [0, 0.1) is 0 Å². The van der Waals surface area contributed by atoms with Gasteiger partial charge in [-0.1, -0.05) is 6.08 Å². The van der Waals surface area contributed by atoms with Crippen molar-refractivity contribution in [3.63, 3.8) is 0 Å². The third-order valence-electron chi connectivity index (χ3n) is 1.98. The first kappa shape index (κ1) is 17.8. The summed E-state index contributed by atoms with van der Waals surface area (Å²) in [4.78, 5) is 10.4. The molecule has 0 saturated carbocycles. The van der Waals surface area contributed by atoms with E-state index in [2.05, 4.69) is 11.3 Å². The van der Waals surface area contributed by atoms with Gasteiger partial charge < -0.3 is 29.2 Å². The van der Waals surface area contributed by atoms with Crippen LogP contribution in [0.3, 0.4) is 0 Å². The Morgan fingerprint density at radius 1 is 1.11 bits per heavy atom. The molecule has 1 unspecified atom stereocenters. The molecule has 0 rings (SSSR count). The molecule has 1 atom stereocenters. The number of aliphatic hydroxyl groups is 1. The average Bonchev–Trinajstić information content (AvgIpc) is 2.36. The van der Waals surface area contributed by atoms with Crippen molar-refractivity contribution in [3.05, 3.63) is 12.7 Å². The Labute approximate surface area is 112 Å². The summed E-state index contributed by atoms with van der Waals surface area (Å²) >= 11 is 0. The standard InChI is InChI=1S/C12H22O7/c1-2-3-11(19-12(14)15)10-18-9-8-17-7-6-16-5-4-13/h2,11,13H,1,3-10H2,(H,14,15). The van der Waals surface area contributed by atoms with E-state index in [4.69, 9.17) is 24.4 Å². The second-order valence-corrected chi connectivity index (χ2v) is 3.55. The van der Waals surface area contributed by atoms with Crippen molar-refractivity contribution in [2.75, 3.05) is 46.2 Å². The van der Waals surface area contributed by atoms with E-state index in [1.807, 2.05) is 0 Å². The lowest BCUT2D eigenvalue weighted by Crippen LogP contribution is -2.23. The first-order valence-corrected chi connectivity index (χ1v) is 6.05. The van der Waals surface area contributed by atoms with Gasteiger partial charge in [0.05, 0.1) is 46.2 Å². The number of carbonyl (C=O) groups is 1. The molecular weight excluding hydrogens is 256 g/mol. The SMILES string of the molecule is C=CCC(COCCOCCOCCO)OC(=O)O. The van der Waals surface area contributed by atoms with E-state index < -0.39 is 12.3 Å². The Morgan fingerprint density at radius 2 is 1.68 bits per heavy atom. The Bertz CT molecular complexity index is 232. The van der Waals surface area contributed by atoms with Gasteiger partial charge in [0, 0.05) is 6.42 Å². The van der Waals surface area contributed by atoms with Crippen LogP contribution in [0.2, 0.25) is 0 Å². The normalized spacial score (nSPS) is 12.1. The minimum atomic E-state index is -1.33. The topological polar surface area (TPSA) is 94.5 Å². The molecule has 112 valence electrons. The van der Waals surface area contributed by atoms with Crippen LogP contribution in [-0.4, -0.2) is 68.7 Å². The molecule has 0 aromatic carbocycles. The molecule has 0 aliphatic carbocycles. The number of ether oxygens (including phenoxy) is 4. The quantitative estimate of drug-likeness (QED) is 0.290. The Balaban J connectivity index is 3.39. The maximum atomic E-state index is 10.4.